The molecule has 124 valence electrons. The number of amides is 1. The van der Waals surface area contributed by atoms with Crippen LogP contribution in [0.5, 0.6) is 0 Å². The van der Waals surface area contributed by atoms with E-state index in [9.17, 15) is 18.0 Å². The van der Waals surface area contributed by atoms with Crippen LogP contribution in [0.15, 0.2) is 24.3 Å². The van der Waals surface area contributed by atoms with Crippen molar-refractivity contribution in [3.63, 3.8) is 0 Å². The number of alkyl halides is 3. The molecule has 0 aliphatic carbocycles. The lowest BCUT2D eigenvalue weighted by molar-refractivity contribution is -0.137. The van der Waals surface area contributed by atoms with Crippen LogP contribution >= 0.6 is 11.3 Å². The van der Waals surface area contributed by atoms with Crippen molar-refractivity contribution in [2.45, 2.75) is 32.9 Å². The van der Waals surface area contributed by atoms with Crippen molar-refractivity contribution in [2.75, 3.05) is 6.54 Å². The first-order valence-corrected chi connectivity index (χ1v) is 8.08. The quantitative estimate of drug-likeness (QED) is 0.803. The van der Waals surface area contributed by atoms with Crippen LogP contribution in [0, 0.1) is 6.92 Å². The first-order chi connectivity index (χ1) is 10.8. The molecule has 2 rings (SSSR count). The minimum atomic E-state index is -4.36. The number of halogens is 3. The van der Waals surface area contributed by atoms with Gasteiger partial charge in [0.15, 0.2) is 0 Å². The summed E-state index contributed by atoms with van der Waals surface area (Å²) in [5.74, 6) is -0.188. The van der Waals surface area contributed by atoms with Crippen molar-refractivity contribution in [1.29, 1.82) is 0 Å². The summed E-state index contributed by atoms with van der Waals surface area (Å²) in [6.45, 7) is 4.36. The van der Waals surface area contributed by atoms with Crippen LogP contribution in [0.4, 0.5) is 13.2 Å². The molecule has 0 unspecified atom stereocenters. The Labute approximate surface area is 136 Å². The molecule has 0 bridgehead atoms. The summed E-state index contributed by atoms with van der Waals surface area (Å²) in [4.78, 5) is 16.9. The van der Waals surface area contributed by atoms with E-state index in [1.807, 2.05) is 6.92 Å². The predicted molar refractivity (Wildman–Crippen MR) is 84.5 cm³/mol. The molecule has 1 N–H and O–H groups in total. The number of thiazole rings is 1. The SMILES string of the molecule is CCCCNC(=O)c1sc(-c2ccc(C(F)(F)F)cc2)nc1C. The van der Waals surface area contributed by atoms with Gasteiger partial charge in [0.2, 0.25) is 0 Å². The van der Waals surface area contributed by atoms with Gasteiger partial charge < -0.3 is 5.32 Å². The number of nitrogens with zero attached hydrogens (tertiary/aromatic N) is 1. The van der Waals surface area contributed by atoms with Gasteiger partial charge in [0.25, 0.3) is 5.91 Å². The lowest BCUT2D eigenvalue weighted by Gasteiger charge is -2.06. The summed E-state index contributed by atoms with van der Waals surface area (Å²) in [5, 5.41) is 3.36. The van der Waals surface area contributed by atoms with Gasteiger partial charge in [-0.3, -0.25) is 4.79 Å². The van der Waals surface area contributed by atoms with E-state index in [4.69, 9.17) is 0 Å². The second kappa shape index (κ2) is 7.12. The lowest BCUT2D eigenvalue weighted by atomic mass is 10.1. The maximum Gasteiger partial charge on any atom is 0.416 e. The number of benzene rings is 1. The van der Waals surface area contributed by atoms with Crippen LogP contribution in [0.3, 0.4) is 0 Å². The number of aryl methyl sites for hydroxylation is 1. The second-order valence-corrected chi connectivity index (χ2v) is 6.12. The summed E-state index contributed by atoms with van der Waals surface area (Å²) in [7, 11) is 0. The highest BCUT2D eigenvalue weighted by molar-refractivity contribution is 7.17. The molecule has 2 aromatic rings. The summed E-state index contributed by atoms with van der Waals surface area (Å²) in [5.41, 5.74) is 0.449. The summed E-state index contributed by atoms with van der Waals surface area (Å²) in [6.07, 6.45) is -2.48. The third-order valence-corrected chi connectivity index (χ3v) is 4.48. The molecule has 0 saturated carbocycles. The molecule has 0 aliphatic rings. The first kappa shape index (κ1) is 17.5. The Kier molecular flexibility index (Phi) is 5.41. The van der Waals surface area contributed by atoms with Crippen molar-refractivity contribution in [3.05, 3.63) is 40.4 Å². The standard InChI is InChI=1S/C16H17F3N2OS/c1-3-4-9-20-14(22)13-10(2)21-15(23-13)11-5-7-12(8-6-11)16(17,18)19/h5-8H,3-4,9H2,1-2H3,(H,20,22). The van der Waals surface area contributed by atoms with Gasteiger partial charge in [-0.05, 0) is 25.5 Å². The van der Waals surface area contributed by atoms with Crippen molar-refractivity contribution >= 4 is 17.2 Å². The van der Waals surface area contributed by atoms with Crippen molar-refractivity contribution in [1.82, 2.24) is 10.3 Å². The average molecular weight is 342 g/mol. The molecule has 23 heavy (non-hydrogen) atoms. The number of hydrogen-bond donors (Lipinski definition) is 1. The monoisotopic (exact) mass is 342 g/mol. The second-order valence-electron chi connectivity index (χ2n) is 5.12. The Morgan fingerprint density at radius 2 is 1.91 bits per heavy atom. The lowest BCUT2D eigenvalue weighted by Crippen LogP contribution is -2.24. The molecule has 1 amide bonds. The van der Waals surface area contributed by atoms with Gasteiger partial charge in [-0.25, -0.2) is 4.98 Å². The molecule has 1 aromatic heterocycles. The Hall–Kier alpha value is -1.89. The smallest absolute Gasteiger partial charge is 0.351 e. The first-order valence-electron chi connectivity index (χ1n) is 7.26. The fourth-order valence-electron chi connectivity index (χ4n) is 1.99. The Balaban J connectivity index is 2.18. The Morgan fingerprint density at radius 3 is 2.48 bits per heavy atom. The summed E-state index contributed by atoms with van der Waals surface area (Å²) >= 11 is 1.19. The largest absolute Gasteiger partial charge is 0.416 e. The number of hydrogen-bond acceptors (Lipinski definition) is 3. The van der Waals surface area contributed by atoms with Crippen molar-refractivity contribution in [2.24, 2.45) is 0 Å². The topological polar surface area (TPSA) is 42.0 Å². The van der Waals surface area contributed by atoms with Gasteiger partial charge in [-0.2, -0.15) is 13.2 Å². The van der Waals surface area contributed by atoms with Gasteiger partial charge >= 0.3 is 6.18 Å². The third-order valence-electron chi connectivity index (χ3n) is 3.28. The third kappa shape index (κ3) is 4.31. The fourth-order valence-corrected chi connectivity index (χ4v) is 2.98. The highest BCUT2D eigenvalue weighted by Gasteiger charge is 2.30. The zero-order chi connectivity index (χ0) is 17.0. The maximum atomic E-state index is 12.6. The van der Waals surface area contributed by atoms with E-state index < -0.39 is 11.7 Å². The minimum Gasteiger partial charge on any atom is -0.351 e. The number of unbranched alkanes of at least 4 members (excludes halogenated alkanes) is 1. The zero-order valence-electron chi connectivity index (χ0n) is 12.8. The van der Waals surface area contributed by atoms with E-state index in [1.165, 1.54) is 23.5 Å². The highest BCUT2D eigenvalue weighted by atomic mass is 32.1. The molecule has 0 radical (unpaired) electrons. The molecule has 3 nitrogen and oxygen atoms in total. The van der Waals surface area contributed by atoms with E-state index in [2.05, 4.69) is 10.3 Å². The Morgan fingerprint density at radius 1 is 1.26 bits per heavy atom. The van der Waals surface area contributed by atoms with Gasteiger partial charge in [0.05, 0.1) is 11.3 Å². The van der Waals surface area contributed by atoms with Gasteiger partial charge in [-0.1, -0.05) is 25.5 Å². The van der Waals surface area contributed by atoms with Crippen LogP contribution in [-0.2, 0) is 6.18 Å². The number of rotatable bonds is 5. The number of carbonyl (C=O) groups is 1. The summed E-state index contributed by atoms with van der Waals surface area (Å²) in [6, 6.07) is 4.79. The Bertz CT molecular complexity index is 678. The molecule has 0 saturated heterocycles. The molecule has 0 spiro atoms. The molecule has 0 fully saturated rings. The van der Waals surface area contributed by atoms with Crippen molar-refractivity contribution < 1.29 is 18.0 Å². The molecule has 1 aromatic carbocycles. The normalized spacial score (nSPS) is 11.5. The number of nitrogens with one attached hydrogen (secondary N) is 1. The number of carbonyl (C=O) groups excluding carboxylic acids is 1. The molecular formula is C16H17F3N2OS. The van der Waals surface area contributed by atoms with E-state index in [0.29, 0.717) is 27.7 Å². The molecule has 1 heterocycles. The average Bonchev–Trinajstić information content (AvgIpc) is 2.89. The van der Waals surface area contributed by atoms with Gasteiger partial charge in [0, 0.05) is 12.1 Å². The number of aromatic nitrogens is 1. The predicted octanol–water partition coefficient (Wildman–Crippen LogP) is 4.67. The fraction of sp³-hybridized carbons (Fsp3) is 0.375. The molecule has 7 heteroatoms. The van der Waals surface area contributed by atoms with E-state index in [0.717, 1.165) is 25.0 Å². The molecule has 0 aliphatic heterocycles. The van der Waals surface area contributed by atoms with Gasteiger partial charge in [-0.15, -0.1) is 11.3 Å². The van der Waals surface area contributed by atoms with Crippen LogP contribution in [0.2, 0.25) is 0 Å². The van der Waals surface area contributed by atoms with E-state index in [-0.39, 0.29) is 5.91 Å². The molecule has 0 atom stereocenters. The highest BCUT2D eigenvalue weighted by Crippen LogP contribution is 2.32. The van der Waals surface area contributed by atoms with Crippen molar-refractivity contribution in [3.8, 4) is 10.6 Å². The van der Waals surface area contributed by atoms with E-state index in [1.54, 1.807) is 6.92 Å². The minimum absolute atomic E-state index is 0.188. The van der Waals surface area contributed by atoms with Crippen LogP contribution < -0.4 is 5.32 Å². The zero-order valence-corrected chi connectivity index (χ0v) is 13.6. The maximum absolute atomic E-state index is 12.6. The van der Waals surface area contributed by atoms with Gasteiger partial charge in [0.1, 0.15) is 9.88 Å². The molecular weight excluding hydrogens is 325 g/mol. The van der Waals surface area contributed by atoms with Crippen LogP contribution in [0.1, 0.15) is 40.7 Å². The van der Waals surface area contributed by atoms with Crippen LogP contribution in [0.25, 0.3) is 10.6 Å². The van der Waals surface area contributed by atoms with Crippen LogP contribution in [-0.4, -0.2) is 17.4 Å². The summed E-state index contributed by atoms with van der Waals surface area (Å²) < 4.78 is 37.7. The van der Waals surface area contributed by atoms with E-state index >= 15 is 0 Å².